The van der Waals surface area contributed by atoms with Crippen molar-refractivity contribution in [2.45, 2.75) is 31.1 Å². The molecule has 0 spiro atoms. The molecule has 0 radical (unpaired) electrons. The molecule has 1 aromatic heterocycles. The molecule has 178 valence electrons. The number of carbonyl (C=O) groups excluding carboxylic acids is 1. The summed E-state index contributed by atoms with van der Waals surface area (Å²) in [6.45, 7) is 4.11. The van der Waals surface area contributed by atoms with E-state index in [4.69, 9.17) is 4.74 Å². The predicted octanol–water partition coefficient (Wildman–Crippen LogP) is 4.83. The number of benzene rings is 2. The van der Waals surface area contributed by atoms with E-state index >= 15 is 0 Å². The van der Waals surface area contributed by atoms with Gasteiger partial charge in [-0.1, -0.05) is 42.0 Å². The van der Waals surface area contributed by atoms with Gasteiger partial charge in [0, 0.05) is 51.4 Å². The molecule has 1 amide bonds. The molecule has 4 rings (SSSR count). The summed E-state index contributed by atoms with van der Waals surface area (Å²) < 4.78 is 5.03. The summed E-state index contributed by atoms with van der Waals surface area (Å²) in [6, 6.07) is 18.7. The van der Waals surface area contributed by atoms with E-state index in [1.54, 1.807) is 7.11 Å². The molecule has 34 heavy (non-hydrogen) atoms. The Morgan fingerprint density at radius 2 is 1.79 bits per heavy atom. The molecule has 0 fully saturated rings. The van der Waals surface area contributed by atoms with Crippen LogP contribution in [0.1, 0.15) is 33.5 Å². The van der Waals surface area contributed by atoms with Crippen LogP contribution in [0.25, 0.3) is 0 Å². The summed E-state index contributed by atoms with van der Waals surface area (Å²) in [4.78, 5) is 21.5. The number of aryl methyl sites for hydroxylation is 1. The van der Waals surface area contributed by atoms with Crippen LogP contribution >= 0.6 is 11.8 Å². The quantitative estimate of drug-likeness (QED) is 0.423. The van der Waals surface area contributed by atoms with E-state index in [2.05, 4.69) is 64.4 Å². The zero-order chi connectivity index (χ0) is 23.9. The van der Waals surface area contributed by atoms with Crippen LogP contribution in [0.3, 0.4) is 0 Å². The van der Waals surface area contributed by atoms with Gasteiger partial charge in [0.2, 0.25) is 0 Å². The fourth-order valence-electron chi connectivity index (χ4n) is 4.04. The van der Waals surface area contributed by atoms with Gasteiger partial charge >= 0.3 is 0 Å². The Labute approximate surface area is 206 Å². The molecule has 2 aromatic carbocycles. The molecule has 0 bridgehead atoms. The minimum Gasteiger partial charge on any atom is -0.385 e. The molecule has 2 heterocycles. The number of hydrogen-bond acceptors (Lipinski definition) is 6. The molecule has 1 aliphatic heterocycles. The second kappa shape index (κ2) is 11.4. The molecule has 1 aliphatic rings. The number of carbonyl (C=O) groups is 1. The maximum absolute atomic E-state index is 12.4. The first-order valence-electron chi connectivity index (χ1n) is 11.5. The number of nitrogens with zero attached hydrogens (tertiary/aromatic N) is 3. The summed E-state index contributed by atoms with van der Waals surface area (Å²) >= 11 is 1.91. The topological polar surface area (TPSA) is 57.7 Å². The van der Waals surface area contributed by atoms with Crippen LogP contribution < -0.4 is 15.1 Å². The molecule has 0 aliphatic carbocycles. The summed E-state index contributed by atoms with van der Waals surface area (Å²) in [7, 11) is 3.81. The largest absolute Gasteiger partial charge is 0.385 e. The first kappa shape index (κ1) is 24.1. The number of fused-ring (bicyclic) bond motifs is 1. The Morgan fingerprint density at radius 3 is 2.53 bits per heavy atom. The minimum absolute atomic E-state index is 0.0513. The lowest BCUT2D eigenvalue weighted by molar-refractivity contribution is 0.0948. The normalized spacial score (nSPS) is 14.9. The SMILES string of the molecule is COCCCNC(=O)c1ccc(CN2c3cnccc3N(C)C2SCc2ccc(C)cc2)cc1. The summed E-state index contributed by atoms with van der Waals surface area (Å²) in [5.74, 6) is 0.875. The number of thioether (sulfide) groups is 1. The third kappa shape index (κ3) is 5.72. The van der Waals surface area contributed by atoms with Crippen molar-refractivity contribution in [3.8, 4) is 0 Å². The van der Waals surface area contributed by atoms with Gasteiger partial charge in [-0.3, -0.25) is 9.78 Å². The fraction of sp³-hybridized carbons (Fsp3) is 0.333. The average Bonchev–Trinajstić information content (AvgIpc) is 3.12. The van der Waals surface area contributed by atoms with E-state index in [1.165, 1.54) is 16.8 Å². The van der Waals surface area contributed by atoms with Gasteiger partial charge in [0.15, 0.2) is 5.50 Å². The van der Waals surface area contributed by atoms with Gasteiger partial charge in [-0.25, -0.2) is 0 Å². The molecule has 3 aromatic rings. The van der Waals surface area contributed by atoms with Crippen LogP contribution in [0, 0.1) is 6.92 Å². The average molecular weight is 477 g/mol. The van der Waals surface area contributed by atoms with Gasteiger partial charge in [-0.2, -0.15) is 0 Å². The molecule has 0 saturated carbocycles. The molecule has 1 atom stereocenters. The first-order valence-corrected chi connectivity index (χ1v) is 12.6. The van der Waals surface area contributed by atoms with Crippen LogP contribution in [-0.4, -0.2) is 43.7 Å². The van der Waals surface area contributed by atoms with E-state index in [0.717, 1.165) is 30.0 Å². The van der Waals surface area contributed by atoms with Crippen molar-refractivity contribution < 1.29 is 9.53 Å². The number of methoxy groups -OCH3 is 1. The van der Waals surface area contributed by atoms with Crippen LogP contribution in [0.4, 0.5) is 11.4 Å². The number of rotatable bonds is 10. The maximum atomic E-state index is 12.4. The fourth-order valence-corrected chi connectivity index (χ4v) is 5.28. The predicted molar refractivity (Wildman–Crippen MR) is 140 cm³/mol. The minimum atomic E-state index is -0.0513. The number of nitrogens with one attached hydrogen (secondary N) is 1. The number of anilines is 2. The maximum Gasteiger partial charge on any atom is 0.251 e. The summed E-state index contributed by atoms with van der Waals surface area (Å²) in [6.07, 6.45) is 4.60. The second-order valence-electron chi connectivity index (χ2n) is 8.53. The number of aromatic nitrogens is 1. The van der Waals surface area contributed by atoms with E-state index < -0.39 is 0 Å². The number of amides is 1. The third-order valence-corrected chi connectivity index (χ3v) is 7.33. The molecule has 7 heteroatoms. The Bertz CT molecular complexity index is 1090. The Hall–Kier alpha value is -3.03. The first-order chi connectivity index (χ1) is 16.6. The van der Waals surface area contributed by atoms with E-state index in [1.807, 2.05) is 48.4 Å². The third-order valence-electron chi connectivity index (χ3n) is 5.96. The highest BCUT2D eigenvalue weighted by atomic mass is 32.2. The van der Waals surface area contributed by atoms with E-state index in [9.17, 15) is 4.79 Å². The molecule has 1 N–H and O–H groups in total. The molecule has 0 saturated heterocycles. The van der Waals surface area contributed by atoms with Crippen molar-refractivity contribution in [2.24, 2.45) is 0 Å². The zero-order valence-corrected chi connectivity index (χ0v) is 20.8. The van der Waals surface area contributed by atoms with Crippen LogP contribution in [-0.2, 0) is 17.0 Å². The van der Waals surface area contributed by atoms with Gasteiger partial charge in [0.25, 0.3) is 5.91 Å². The molecular weight excluding hydrogens is 444 g/mol. The van der Waals surface area contributed by atoms with Gasteiger partial charge in [0.1, 0.15) is 0 Å². The molecule has 6 nitrogen and oxygen atoms in total. The van der Waals surface area contributed by atoms with Gasteiger partial charge in [-0.05, 0) is 42.7 Å². The highest BCUT2D eigenvalue weighted by molar-refractivity contribution is 7.99. The summed E-state index contributed by atoms with van der Waals surface area (Å²) in [5.41, 5.74) is 6.89. The van der Waals surface area contributed by atoms with Gasteiger partial charge in [-0.15, -0.1) is 11.8 Å². The van der Waals surface area contributed by atoms with Crippen LogP contribution in [0.2, 0.25) is 0 Å². The highest BCUT2D eigenvalue weighted by Gasteiger charge is 2.34. The highest BCUT2D eigenvalue weighted by Crippen LogP contribution is 2.43. The number of ether oxygens (including phenoxy) is 1. The van der Waals surface area contributed by atoms with Crippen LogP contribution in [0.15, 0.2) is 67.0 Å². The molecular formula is C27H32N4O2S. The number of hydrogen-bond donors (Lipinski definition) is 1. The van der Waals surface area contributed by atoms with Crippen molar-refractivity contribution >= 4 is 29.0 Å². The van der Waals surface area contributed by atoms with E-state index in [0.29, 0.717) is 18.7 Å². The standard InChI is InChI=1S/C27H32N4O2S/c1-20-5-7-22(8-6-20)19-34-27-30(2)24-13-15-28-17-25(24)31(27)18-21-9-11-23(12-10-21)26(32)29-14-4-16-33-3/h5-13,15,17,27H,4,14,16,18-19H2,1-3H3,(H,29,32). The van der Waals surface area contributed by atoms with Gasteiger partial charge < -0.3 is 19.9 Å². The molecule has 1 unspecified atom stereocenters. The van der Waals surface area contributed by atoms with Crippen molar-refractivity contribution in [1.29, 1.82) is 0 Å². The van der Waals surface area contributed by atoms with E-state index in [-0.39, 0.29) is 11.4 Å². The van der Waals surface area contributed by atoms with Crippen LogP contribution in [0.5, 0.6) is 0 Å². The lowest BCUT2D eigenvalue weighted by atomic mass is 10.1. The van der Waals surface area contributed by atoms with Gasteiger partial charge in [0.05, 0.1) is 17.6 Å². The van der Waals surface area contributed by atoms with Crippen molar-refractivity contribution in [1.82, 2.24) is 10.3 Å². The lowest BCUT2D eigenvalue weighted by Crippen LogP contribution is -2.38. The van der Waals surface area contributed by atoms with Crippen molar-refractivity contribution in [3.05, 3.63) is 89.2 Å². The monoisotopic (exact) mass is 476 g/mol. The Balaban J connectivity index is 1.45. The zero-order valence-electron chi connectivity index (χ0n) is 20.0. The van der Waals surface area contributed by atoms with Crippen molar-refractivity contribution in [2.75, 3.05) is 37.1 Å². The Morgan fingerprint density at radius 1 is 1.06 bits per heavy atom. The smallest absolute Gasteiger partial charge is 0.251 e. The lowest BCUT2D eigenvalue weighted by Gasteiger charge is -2.30. The summed E-state index contributed by atoms with van der Waals surface area (Å²) in [5, 5.41) is 2.94. The Kier molecular flexibility index (Phi) is 8.08. The number of pyridine rings is 1. The van der Waals surface area contributed by atoms with Crippen molar-refractivity contribution in [3.63, 3.8) is 0 Å². The second-order valence-corrected chi connectivity index (χ2v) is 9.57.